The molecule has 0 aromatic heterocycles. The third-order valence-corrected chi connectivity index (χ3v) is 2.01. The molecule has 0 heterocycles. The minimum atomic E-state index is -2.28. The Bertz CT molecular complexity index is 200. The number of hydrogen-bond donors (Lipinski definition) is 5. The van der Waals surface area contributed by atoms with Crippen LogP contribution in [0.3, 0.4) is 0 Å². The van der Waals surface area contributed by atoms with Crippen molar-refractivity contribution in [1.82, 2.24) is 0 Å². The van der Waals surface area contributed by atoms with E-state index in [1.54, 1.807) is 0 Å². The van der Waals surface area contributed by atoms with Crippen LogP contribution in [0.1, 0.15) is 13.8 Å². The molecule has 0 radical (unpaired) electrons. The van der Waals surface area contributed by atoms with Crippen LogP contribution in [0.15, 0.2) is 0 Å². The van der Waals surface area contributed by atoms with E-state index in [0.29, 0.717) is 0 Å². The summed E-state index contributed by atoms with van der Waals surface area (Å²) >= 11 is 0. The van der Waals surface area contributed by atoms with E-state index in [4.69, 9.17) is 15.3 Å². The van der Waals surface area contributed by atoms with Crippen LogP contribution in [0, 0.1) is 0 Å². The van der Waals surface area contributed by atoms with Crippen LogP contribution in [-0.2, 0) is 4.79 Å². The predicted octanol–water partition coefficient (Wildman–Crippen LogP) is -2.60. The van der Waals surface area contributed by atoms with Gasteiger partial charge in [-0.1, -0.05) is 0 Å². The lowest BCUT2D eigenvalue weighted by Gasteiger charge is -2.30. The summed E-state index contributed by atoms with van der Waals surface area (Å²) in [6, 6.07) is 0. The highest BCUT2D eigenvalue weighted by atomic mass is 16.4. The largest absolute Gasteiger partial charge is 0.394 e. The van der Waals surface area contributed by atoms with Gasteiger partial charge >= 0.3 is 0 Å². The molecule has 0 saturated carbocycles. The molecule has 0 bridgehead atoms. The van der Waals surface area contributed by atoms with Gasteiger partial charge in [-0.15, -0.1) is 0 Å². The van der Waals surface area contributed by atoms with Gasteiger partial charge in [0.25, 0.3) is 0 Å². The van der Waals surface area contributed by atoms with E-state index in [-0.39, 0.29) is 0 Å². The van der Waals surface area contributed by atoms with Crippen LogP contribution in [0.25, 0.3) is 0 Å². The third kappa shape index (κ3) is 2.73. The molecular formula is C8H16O6. The first kappa shape index (κ1) is 13.5. The van der Waals surface area contributed by atoms with E-state index < -0.39 is 36.3 Å². The Kier molecular flexibility index (Phi) is 4.63. The van der Waals surface area contributed by atoms with Gasteiger partial charge in [0.15, 0.2) is 11.4 Å². The molecule has 0 aliphatic carbocycles. The maximum absolute atomic E-state index is 11.2. The molecule has 0 amide bonds. The van der Waals surface area contributed by atoms with Gasteiger partial charge in [0.2, 0.25) is 0 Å². The molecular weight excluding hydrogens is 192 g/mol. The van der Waals surface area contributed by atoms with Crippen molar-refractivity contribution in [2.75, 3.05) is 6.61 Å². The summed E-state index contributed by atoms with van der Waals surface area (Å²) in [6.07, 6.45) is -4.92. The summed E-state index contributed by atoms with van der Waals surface area (Å²) in [4.78, 5) is 11.2. The van der Waals surface area contributed by atoms with Gasteiger partial charge in [0.1, 0.15) is 18.3 Å². The molecule has 0 aromatic carbocycles. The molecule has 14 heavy (non-hydrogen) atoms. The van der Waals surface area contributed by atoms with Crippen LogP contribution in [0.2, 0.25) is 0 Å². The molecule has 0 aliphatic heterocycles. The second-order valence-corrected chi connectivity index (χ2v) is 3.38. The van der Waals surface area contributed by atoms with E-state index in [1.807, 2.05) is 0 Å². The first-order valence-electron chi connectivity index (χ1n) is 4.16. The molecule has 84 valence electrons. The summed E-state index contributed by atoms with van der Waals surface area (Å²) in [5.41, 5.74) is -2.28. The number of Topliss-reactive ketones (excluding diaryl/α,β-unsaturated/α-hetero) is 1. The first-order chi connectivity index (χ1) is 6.25. The molecule has 0 rings (SSSR count). The SMILES string of the molecule is CC(O)C(=O)[C@@](C)(O)[C@H](O)[C@H](O)CO. The number of hydrogen-bond acceptors (Lipinski definition) is 6. The minimum absolute atomic E-state index is 0.787. The predicted molar refractivity (Wildman–Crippen MR) is 46.4 cm³/mol. The van der Waals surface area contributed by atoms with Gasteiger partial charge in [-0.05, 0) is 13.8 Å². The lowest BCUT2D eigenvalue weighted by atomic mass is 9.88. The third-order valence-electron chi connectivity index (χ3n) is 2.01. The second-order valence-electron chi connectivity index (χ2n) is 3.38. The molecule has 6 heteroatoms. The van der Waals surface area contributed by atoms with E-state index in [2.05, 4.69) is 0 Å². The van der Waals surface area contributed by atoms with Crippen LogP contribution in [0.5, 0.6) is 0 Å². The minimum Gasteiger partial charge on any atom is -0.394 e. The molecule has 6 nitrogen and oxygen atoms in total. The summed E-state index contributed by atoms with van der Waals surface area (Å²) in [5.74, 6) is -1.02. The Labute approximate surface area is 81.4 Å². The highest BCUT2D eigenvalue weighted by Gasteiger charge is 2.43. The zero-order chi connectivity index (χ0) is 11.5. The van der Waals surface area contributed by atoms with Gasteiger partial charge in [0, 0.05) is 0 Å². The Balaban J connectivity index is 4.68. The van der Waals surface area contributed by atoms with Gasteiger partial charge in [-0.2, -0.15) is 0 Å². The van der Waals surface area contributed by atoms with Crippen LogP contribution < -0.4 is 0 Å². The number of aliphatic hydroxyl groups is 5. The van der Waals surface area contributed by atoms with E-state index >= 15 is 0 Å². The van der Waals surface area contributed by atoms with Gasteiger partial charge in [-0.3, -0.25) is 4.79 Å². The monoisotopic (exact) mass is 208 g/mol. The standard InChI is InChI=1S/C8H16O6/c1-4(10)6(12)8(2,14)7(13)5(11)3-9/h4-5,7,9-11,13-14H,3H2,1-2H3/t4?,5-,7-,8-/m1/s1. The fourth-order valence-electron chi connectivity index (χ4n) is 1.04. The topological polar surface area (TPSA) is 118 Å². The Hall–Kier alpha value is -0.530. The molecule has 1 unspecified atom stereocenters. The average molecular weight is 208 g/mol. The smallest absolute Gasteiger partial charge is 0.194 e. The lowest BCUT2D eigenvalue weighted by molar-refractivity contribution is -0.167. The first-order valence-corrected chi connectivity index (χ1v) is 4.16. The normalized spacial score (nSPS) is 22.2. The highest BCUT2D eigenvalue weighted by molar-refractivity contribution is 5.90. The molecule has 4 atom stereocenters. The van der Waals surface area contributed by atoms with Crippen molar-refractivity contribution in [3.05, 3.63) is 0 Å². The molecule has 0 spiro atoms. The maximum atomic E-state index is 11.2. The molecule has 0 fully saturated rings. The summed E-state index contributed by atoms with van der Waals surface area (Å²) in [6.45, 7) is 1.31. The summed E-state index contributed by atoms with van der Waals surface area (Å²) in [7, 11) is 0. The quantitative estimate of drug-likeness (QED) is 0.338. The fraction of sp³-hybridized carbons (Fsp3) is 0.875. The number of aliphatic hydroxyl groups excluding tert-OH is 4. The molecule has 0 aromatic rings. The summed E-state index contributed by atoms with van der Waals surface area (Å²) < 4.78 is 0. The fourth-order valence-corrected chi connectivity index (χ4v) is 1.04. The molecule has 0 saturated heterocycles. The van der Waals surface area contributed by atoms with E-state index in [0.717, 1.165) is 13.8 Å². The number of carbonyl (C=O) groups excluding carboxylic acids is 1. The molecule has 5 N–H and O–H groups in total. The van der Waals surface area contributed by atoms with Crippen LogP contribution in [0.4, 0.5) is 0 Å². The van der Waals surface area contributed by atoms with Gasteiger partial charge in [-0.25, -0.2) is 0 Å². The van der Waals surface area contributed by atoms with Crippen molar-refractivity contribution in [3.63, 3.8) is 0 Å². The lowest BCUT2D eigenvalue weighted by Crippen LogP contribution is -2.56. The average Bonchev–Trinajstić information content (AvgIpc) is 2.13. The summed E-state index contributed by atoms with van der Waals surface area (Å²) in [5, 5.41) is 45.2. The van der Waals surface area contributed by atoms with Gasteiger partial charge in [0.05, 0.1) is 6.61 Å². The van der Waals surface area contributed by atoms with Crippen molar-refractivity contribution >= 4 is 5.78 Å². The van der Waals surface area contributed by atoms with E-state index in [1.165, 1.54) is 0 Å². The zero-order valence-corrected chi connectivity index (χ0v) is 8.08. The van der Waals surface area contributed by atoms with E-state index in [9.17, 15) is 15.0 Å². The number of rotatable bonds is 5. The molecule has 0 aliphatic rings. The Morgan fingerprint density at radius 3 is 2.07 bits per heavy atom. The number of carbonyl (C=O) groups is 1. The van der Waals surface area contributed by atoms with Crippen LogP contribution in [-0.4, -0.2) is 61.8 Å². The van der Waals surface area contributed by atoms with Gasteiger partial charge < -0.3 is 25.5 Å². The maximum Gasteiger partial charge on any atom is 0.194 e. The van der Waals surface area contributed by atoms with Crippen molar-refractivity contribution < 1.29 is 30.3 Å². The van der Waals surface area contributed by atoms with Crippen molar-refractivity contribution in [1.29, 1.82) is 0 Å². The number of ketones is 1. The second kappa shape index (κ2) is 4.81. The zero-order valence-electron chi connectivity index (χ0n) is 8.08. The van der Waals surface area contributed by atoms with Crippen molar-refractivity contribution in [3.8, 4) is 0 Å². The Morgan fingerprint density at radius 2 is 1.79 bits per heavy atom. The van der Waals surface area contributed by atoms with Crippen molar-refractivity contribution in [2.24, 2.45) is 0 Å². The highest BCUT2D eigenvalue weighted by Crippen LogP contribution is 2.16. The Morgan fingerprint density at radius 1 is 1.36 bits per heavy atom. The van der Waals surface area contributed by atoms with Crippen molar-refractivity contribution in [2.45, 2.75) is 37.8 Å². The van der Waals surface area contributed by atoms with Crippen LogP contribution >= 0.6 is 0 Å².